The predicted molar refractivity (Wildman–Crippen MR) is 113 cm³/mol. The molecule has 0 bridgehead atoms. The minimum absolute atomic E-state index is 0. The minimum Gasteiger partial charge on any atom is -1.00 e. The summed E-state index contributed by atoms with van der Waals surface area (Å²) in [6.45, 7) is 7.12. The third-order valence-electron chi connectivity index (χ3n) is 4.33. The topological polar surface area (TPSA) is 43.9 Å². The van der Waals surface area contributed by atoms with E-state index in [1.54, 1.807) is 11.3 Å². The molecule has 0 spiro atoms. The van der Waals surface area contributed by atoms with Crippen molar-refractivity contribution in [1.82, 2.24) is 0 Å². The lowest BCUT2D eigenvalue weighted by molar-refractivity contribution is -0.653. The molecular formula is C21H26BrN5S. The van der Waals surface area contributed by atoms with Crippen molar-refractivity contribution in [2.45, 2.75) is 20.4 Å². The van der Waals surface area contributed by atoms with E-state index >= 15 is 0 Å². The summed E-state index contributed by atoms with van der Waals surface area (Å²) >= 11 is 1.66. The highest BCUT2D eigenvalue weighted by molar-refractivity contribution is 7.18. The average Bonchev–Trinajstić information content (AvgIpc) is 3.07. The summed E-state index contributed by atoms with van der Waals surface area (Å²) in [6.07, 6.45) is 2.11. The molecule has 0 unspecified atom stereocenters. The Hall–Kier alpha value is -2.25. The Balaban J connectivity index is 0.00000280. The van der Waals surface area contributed by atoms with Gasteiger partial charge in [-0.15, -0.1) is 0 Å². The van der Waals surface area contributed by atoms with Crippen molar-refractivity contribution < 1.29 is 21.5 Å². The van der Waals surface area contributed by atoms with E-state index in [0.29, 0.717) is 0 Å². The Kier molecular flexibility index (Phi) is 8.60. The zero-order valence-electron chi connectivity index (χ0n) is 16.5. The smallest absolute Gasteiger partial charge is 0.410 e. The van der Waals surface area contributed by atoms with Crippen LogP contribution in [0.2, 0.25) is 0 Å². The second kappa shape index (κ2) is 10.9. The first-order chi connectivity index (χ1) is 13.2. The van der Waals surface area contributed by atoms with Gasteiger partial charge >= 0.3 is 5.13 Å². The van der Waals surface area contributed by atoms with Gasteiger partial charge in [-0.3, -0.25) is 0 Å². The highest BCUT2D eigenvalue weighted by Crippen LogP contribution is 2.28. The van der Waals surface area contributed by atoms with Gasteiger partial charge in [0.2, 0.25) is 0 Å². The molecule has 7 heteroatoms. The number of azo groups is 1. The number of hydrogen-bond donors (Lipinski definition) is 1. The first-order valence-corrected chi connectivity index (χ1v) is 10.0. The zero-order valence-corrected chi connectivity index (χ0v) is 18.9. The number of halogens is 1. The Morgan fingerprint density at radius 3 is 2.29 bits per heavy atom. The molecule has 0 aliphatic heterocycles. The molecule has 0 amide bonds. The molecule has 0 saturated heterocycles. The summed E-state index contributed by atoms with van der Waals surface area (Å²) < 4.78 is 2.03. The fourth-order valence-electron chi connectivity index (χ4n) is 2.73. The van der Waals surface area contributed by atoms with E-state index < -0.39 is 0 Å². The number of hydrogen-bond acceptors (Lipinski definition) is 5. The Bertz CT molecular complexity index is 874. The van der Waals surface area contributed by atoms with Crippen LogP contribution in [0.5, 0.6) is 0 Å². The highest BCUT2D eigenvalue weighted by Gasteiger charge is 2.16. The lowest BCUT2D eigenvalue weighted by Gasteiger charge is -2.16. The first-order valence-electron chi connectivity index (χ1n) is 9.23. The van der Waals surface area contributed by atoms with Gasteiger partial charge in [0.1, 0.15) is 16.9 Å². The maximum absolute atomic E-state index is 4.43. The van der Waals surface area contributed by atoms with E-state index in [2.05, 4.69) is 64.8 Å². The second-order valence-electron chi connectivity index (χ2n) is 6.22. The van der Waals surface area contributed by atoms with Gasteiger partial charge in [-0.2, -0.15) is 0 Å². The number of anilines is 2. The molecule has 148 valence electrons. The number of nitrogens with zero attached hydrogens (tertiary/aromatic N) is 4. The van der Waals surface area contributed by atoms with Gasteiger partial charge in [-0.1, -0.05) is 30.3 Å². The zero-order chi connectivity index (χ0) is 19.1. The summed E-state index contributed by atoms with van der Waals surface area (Å²) in [6, 6.07) is 18.4. The van der Waals surface area contributed by atoms with Crippen LogP contribution in [-0.2, 0) is 13.6 Å². The van der Waals surface area contributed by atoms with Gasteiger partial charge in [0.15, 0.2) is 0 Å². The van der Waals surface area contributed by atoms with Crippen molar-refractivity contribution in [3.63, 3.8) is 0 Å². The average molecular weight is 460 g/mol. The maximum Gasteiger partial charge on any atom is 0.410 e. The van der Waals surface area contributed by atoms with Gasteiger partial charge in [-0.05, 0) is 60.1 Å². The Morgan fingerprint density at radius 1 is 0.964 bits per heavy atom. The molecule has 0 atom stereocenters. The van der Waals surface area contributed by atoms with E-state index in [9.17, 15) is 0 Å². The van der Waals surface area contributed by atoms with E-state index in [-0.39, 0.29) is 17.0 Å². The molecule has 1 N–H and O–H groups in total. The minimum atomic E-state index is 0. The van der Waals surface area contributed by atoms with Gasteiger partial charge in [-0.25, -0.2) is 4.57 Å². The fourth-order valence-corrected chi connectivity index (χ4v) is 3.80. The quantitative estimate of drug-likeness (QED) is 0.415. The molecule has 1 aromatic heterocycles. The summed E-state index contributed by atoms with van der Waals surface area (Å²) in [7, 11) is 2.01. The lowest BCUT2D eigenvalue weighted by Crippen LogP contribution is -3.00. The molecule has 2 aromatic carbocycles. The van der Waals surface area contributed by atoms with Crippen molar-refractivity contribution in [1.29, 1.82) is 0 Å². The summed E-state index contributed by atoms with van der Waals surface area (Å²) in [5.41, 5.74) is 3.18. The Morgan fingerprint density at radius 2 is 1.64 bits per heavy atom. The summed E-state index contributed by atoms with van der Waals surface area (Å²) in [5.74, 6) is 0. The number of nitrogens with one attached hydrogen (secondary N) is 1. The predicted octanol–water partition coefficient (Wildman–Crippen LogP) is 2.45. The number of rotatable bonds is 8. The van der Waals surface area contributed by atoms with Crippen molar-refractivity contribution in [2.24, 2.45) is 17.3 Å². The largest absolute Gasteiger partial charge is 1.00 e. The molecule has 3 rings (SSSR count). The Labute approximate surface area is 181 Å². The van der Waals surface area contributed by atoms with E-state index in [1.165, 1.54) is 10.6 Å². The van der Waals surface area contributed by atoms with Crippen LogP contribution in [-0.4, -0.2) is 13.1 Å². The number of aryl methyl sites for hydroxylation is 1. The maximum atomic E-state index is 4.43. The van der Waals surface area contributed by atoms with E-state index in [1.807, 2.05) is 41.9 Å². The van der Waals surface area contributed by atoms with Crippen molar-refractivity contribution in [3.05, 3.63) is 66.4 Å². The van der Waals surface area contributed by atoms with Crippen molar-refractivity contribution in [2.75, 3.05) is 23.3 Å². The van der Waals surface area contributed by atoms with Crippen LogP contribution in [0, 0.1) is 0 Å². The molecule has 3 aromatic rings. The fraction of sp³-hybridized carbons (Fsp3) is 0.286. The van der Waals surface area contributed by atoms with Crippen LogP contribution in [0.4, 0.5) is 21.5 Å². The summed E-state index contributed by atoms with van der Waals surface area (Å²) in [4.78, 5) is 2.32. The molecule has 0 aliphatic carbocycles. The van der Waals surface area contributed by atoms with Gasteiger partial charge in [0, 0.05) is 25.3 Å². The van der Waals surface area contributed by atoms with Crippen molar-refractivity contribution in [3.8, 4) is 0 Å². The molecule has 1 heterocycles. The van der Waals surface area contributed by atoms with E-state index in [4.69, 9.17) is 0 Å². The summed E-state index contributed by atoms with van der Waals surface area (Å²) in [5, 5.41) is 14.4. The third-order valence-corrected chi connectivity index (χ3v) is 5.46. The first kappa shape index (κ1) is 22.0. The van der Waals surface area contributed by atoms with Gasteiger partial charge in [0.25, 0.3) is 0 Å². The van der Waals surface area contributed by atoms with Crippen LogP contribution in [0.1, 0.15) is 19.4 Å². The number of benzene rings is 2. The third kappa shape index (κ3) is 5.87. The van der Waals surface area contributed by atoms with Gasteiger partial charge < -0.3 is 27.2 Å². The molecule has 0 aliphatic rings. The molecule has 0 fully saturated rings. The molecule has 5 nitrogen and oxygen atoms in total. The van der Waals surface area contributed by atoms with E-state index in [0.717, 1.165) is 36.1 Å². The standard InChI is InChI=1S/C21H25N5S.BrH/c1-4-26(5-2)20-16-25(3)21(27-20)24-23-19-13-11-18(12-14-19)22-15-17-9-7-6-8-10-17;/h6-14,16H,4-5,15H2,1-3H3;1H. The van der Waals surface area contributed by atoms with Crippen LogP contribution in [0.3, 0.4) is 0 Å². The highest BCUT2D eigenvalue weighted by atomic mass is 79.9. The number of thiazole rings is 1. The van der Waals surface area contributed by atoms with Crippen molar-refractivity contribution >= 4 is 32.8 Å². The SMILES string of the molecule is CCN(CC)c1c[n+](C)c(/N=N/c2ccc(NCc3ccccc3)cc2)s1.[Br-]. The van der Waals surface area contributed by atoms with Crippen LogP contribution in [0.25, 0.3) is 0 Å². The van der Waals surface area contributed by atoms with Crippen LogP contribution < -0.4 is 31.8 Å². The molecule has 0 saturated carbocycles. The van der Waals surface area contributed by atoms with Gasteiger partial charge in [0.05, 0.1) is 12.2 Å². The van der Waals surface area contributed by atoms with Crippen LogP contribution >= 0.6 is 11.3 Å². The molecular weight excluding hydrogens is 434 g/mol. The second-order valence-corrected chi connectivity index (χ2v) is 7.21. The monoisotopic (exact) mass is 459 g/mol. The number of aromatic nitrogens is 1. The normalized spacial score (nSPS) is 10.7. The lowest BCUT2D eigenvalue weighted by atomic mass is 10.2. The molecule has 28 heavy (non-hydrogen) atoms. The molecule has 0 radical (unpaired) electrons. The van der Waals surface area contributed by atoms with Crippen LogP contribution in [0.15, 0.2) is 71.0 Å².